The quantitative estimate of drug-likeness (QED) is 0.869. The molecule has 0 saturated carbocycles. The van der Waals surface area contributed by atoms with Crippen LogP contribution in [0.5, 0.6) is 0 Å². The van der Waals surface area contributed by atoms with Gasteiger partial charge < -0.3 is 9.84 Å². The van der Waals surface area contributed by atoms with Gasteiger partial charge in [0, 0.05) is 0 Å². The van der Waals surface area contributed by atoms with Crippen molar-refractivity contribution < 1.29 is 4.52 Å². The zero-order chi connectivity index (χ0) is 11.7. The van der Waals surface area contributed by atoms with E-state index < -0.39 is 0 Å². The monoisotopic (exact) mass is 229 g/mol. The van der Waals surface area contributed by atoms with Crippen LogP contribution in [0.3, 0.4) is 0 Å². The first kappa shape index (κ1) is 10.5. The zero-order valence-corrected chi connectivity index (χ0v) is 9.81. The SMILES string of the molecule is CCNCc1nc(C2Cc3ccccc32)no1. The molecule has 88 valence electrons. The molecule has 4 heteroatoms. The van der Waals surface area contributed by atoms with Gasteiger partial charge in [-0.15, -0.1) is 0 Å². The van der Waals surface area contributed by atoms with Gasteiger partial charge in [-0.2, -0.15) is 4.98 Å². The summed E-state index contributed by atoms with van der Waals surface area (Å²) in [5.74, 6) is 1.81. The summed E-state index contributed by atoms with van der Waals surface area (Å²) in [5.41, 5.74) is 2.74. The Kier molecular flexibility index (Phi) is 2.65. The summed E-state index contributed by atoms with van der Waals surface area (Å²) < 4.78 is 5.21. The minimum atomic E-state index is 0.324. The third kappa shape index (κ3) is 1.85. The minimum Gasteiger partial charge on any atom is -0.338 e. The number of benzene rings is 1. The van der Waals surface area contributed by atoms with E-state index in [1.807, 2.05) is 0 Å². The first-order chi connectivity index (χ1) is 8.38. The fourth-order valence-corrected chi connectivity index (χ4v) is 2.20. The normalized spacial score (nSPS) is 17.6. The topological polar surface area (TPSA) is 51.0 Å². The molecule has 1 atom stereocenters. The maximum Gasteiger partial charge on any atom is 0.240 e. The lowest BCUT2D eigenvalue weighted by molar-refractivity contribution is 0.361. The molecule has 1 heterocycles. The van der Waals surface area contributed by atoms with Gasteiger partial charge in [0.2, 0.25) is 5.89 Å². The van der Waals surface area contributed by atoms with E-state index >= 15 is 0 Å². The van der Waals surface area contributed by atoms with Crippen molar-refractivity contribution in [2.24, 2.45) is 0 Å². The average Bonchev–Trinajstić information content (AvgIpc) is 2.76. The molecule has 1 aromatic heterocycles. The average molecular weight is 229 g/mol. The molecule has 0 saturated heterocycles. The van der Waals surface area contributed by atoms with E-state index in [1.165, 1.54) is 11.1 Å². The van der Waals surface area contributed by atoms with Gasteiger partial charge in [-0.1, -0.05) is 36.3 Å². The van der Waals surface area contributed by atoms with Gasteiger partial charge in [0.1, 0.15) is 0 Å². The van der Waals surface area contributed by atoms with Crippen molar-refractivity contribution in [3.05, 3.63) is 47.1 Å². The molecule has 3 rings (SSSR count). The van der Waals surface area contributed by atoms with Crippen LogP contribution >= 0.6 is 0 Å². The van der Waals surface area contributed by atoms with Gasteiger partial charge in [-0.25, -0.2) is 0 Å². The Bertz CT molecular complexity index is 521. The van der Waals surface area contributed by atoms with Crippen molar-refractivity contribution in [3.63, 3.8) is 0 Å². The van der Waals surface area contributed by atoms with Crippen LogP contribution < -0.4 is 5.32 Å². The molecule has 17 heavy (non-hydrogen) atoms. The molecule has 1 aromatic carbocycles. The predicted octanol–water partition coefficient (Wildman–Crippen LogP) is 1.87. The fourth-order valence-electron chi connectivity index (χ4n) is 2.20. The lowest BCUT2D eigenvalue weighted by atomic mass is 9.77. The van der Waals surface area contributed by atoms with E-state index in [2.05, 4.69) is 46.6 Å². The van der Waals surface area contributed by atoms with Crippen LogP contribution in [-0.4, -0.2) is 16.7 Å². The van der Waals surface area contributed by atoms with Crippen molar-refractivity contribution in [2.75, 3.05) is 6.54 Å². The van der Waals surface area contributed by atoms with Crippen molar-refractivity contribution in [1.29, 1.82) is 0 Å². The van der Waals surface area contributed by atoms with Gasteiger partial charge in [-0.05, 0) is 24.1 Å². The van der Waals surface area contributed by atoms with Crippen molar-refractivity contribution in [3.8, 4) is 0 Å². The van der Waals surface area contributed by atoms with E-state index in [-0.39, 0.29) is 0 Å². The summed E-state index contributed by atoms with van der Waals surface area (Å²) in [6, 6.07) is 8.43. The van der Waals surface area contributed by atoms with Gasteiger partial charge in [0.15, 0.2) is 5.82 Å². The van der Waals surface area contributed by atoms with Crippen LogP contribution in [0.15, 0.2) is 28.8 Å². The second-order valence-electron chi connectivity index (χ2n) is 4.28. The van der Waals surface area contributed by atoms with Crippen LogP contribution in [0.2, 0.25) is 0 Å². The number of hydrogen-bond donors (Lipinski definition) is 1. The Balaban J connectivity index is 1.76. The fraction of sp³-hybridized carbons (Fsp3) is 0.385. The first-order valence-corrected chi connectivity index (χ1v) is 5.99. The molecule has 4 nitrogen and oxygen atoms in total. The smallest absolute Gasteiger partial charge is 0.240 e. The van der Waals surface area contributed by atoms with E-state index in [0.29, 0.717) is 18.4 Å². The molecule has 0 radical (unpaired) electrons. The summed E-state index contributed by atoms with van der Waals surface area (Å²) in [6.45, 7) is 3.61. The van der Waals surface area contributed by atoms with Crippen LogP contribution in [0.1, 0.15) is 35.7 Å². The highest BCUT2D eigenvalue weighted by Crippen LogP contribution is 2.38. The molecule has 0 spiro atoms. The lowest BCUT2D eigenvalue weighted by Gasteiger charge is -2.27. The highest BCUT2D eigenvalue weighted by atomic mass is 16.5. The Hall–Kier alpha value is -1.68. The molecule has 1 aliphatic carbocycles. The molecule has 0 bridgehead atoms. The van der Waals surface area contributed by atoms with Gasteiger partial charge in [0.05, 0.1) is 12.5 Å². The van der Waals surface area contributed by atoms with Crippen LogP contribution in [0, 0.1) is 0 Å². The predicted molar refractivity (Wildman–Crippen MR) is 63.7 cm³/mol. The van der Waals surface area contributed by atoms with Crippen LogP contribution in [0.4, 0.5) is 0 Å². The van der Waals surface area contributed by atoms with Gasteiger partial charge >= 0.3 is 0 Å². The van der Waals surface area contributed by atoms with E-state index in [0.717, 1.165) is 18.8 Å². The van der Waals surface area contributed by atoms with Gasteiger partial charge in [0.25, 0.3) is 0 Å². The van der Waals surface area contributed by atoms with E-state index in [9.17, 15) is 0 Å². The lowest BCUT2D eigenvalue weighted by Crippen LogP contribution is -2.19. The Labute approximate surface area is 100 Å². The molecule has 1 unspecified atom stereocenters. The van der Waals surface area contributed by atoms with Crippen LogP contribution in [-0.2, 0) is 13.0 Å². The van der Waals surface area contributed by atoms with Crippen molar-refractivity contribution in [1.82, 2.24) is 15.5 Å². The summed E-state index contributed by atoms with van der Waals surface area (Å²) in [5, 5.41) is 7.24. The summed E-state index contributed by atoms with van der Waals surface area (Å²) in [6.07, 6.45) is 1.02. The molecule has 1 N–H and O–H groups in total. The Morgan fingerprint density at radius 2 is 2.29 bits per heavy atom. The number of fused-ring (bicyclic) bond motifs is 1. The van der Waals surface area contributed by atoms with Crippen LogP contribution in [0.25, 0.3) is 0 Å². The number of nitrogens with zero attached hydrogens (tertiary/aromatic N) is 2. The minimum absolute atomic E-state index is 0.324. The summed E-state index contributed by atoms with van der Waals surface area (Å²) >= 11 is 0. The van der Waals surface area contributed by atoms with E-state index in [1.54, 1.807) is 0 Å². The second kappa shape index (κ2) is 4.30. The van der Waals surface area contributed by atoms with Crippen molar-refractivity contribution >= 4 is 0 Å². The number of aromatic nitrogens is 2. The maximum absolute atomic E-state index is 5.21. The molecule has 1 aliphatic rings. The Morgan fingerprint density at radius 3 is 3.12 bits per heavy atom. The highest BCUT2D eigenvalue weighted by molar-refractivity contribution is 5.43. The van der Waals surface area contributed by atoms with Crippen molar-refractivity contribution in [2.45, 2.75) is 25.8 Å². The van der Waals surface area contributed by atoms with E-state index in [4.69, 9.17) is 4.52 Å². The molecule has 0 aliphatic heterocycles. The summed E-state index contributed by atoms with van der Waals surface area (Å²) in [4.78, 5) is 4.43. The third-order valence-electron chi connectivity index (χ3n) is 3.18. The standard InChI is InChI=1S/C13H15N3O/c1-2-14-8-12-15-13(16-17-12)11-7-9-5-3-4-6-10(9)11/h3-6,11,14H,2,7-8H2,1H3. The number of hydrogen-bond acceptors (Lipinski definition) is 4. The maximum atomic E-state index is 5.21. The molecular formula is C13H15N3O. The number of nitrogens with one attached hydrogen (secondary N) is 1. The molecule has 0 fully saturated rings. The Morgan fingerprint density at radius 1 is 1.41 bits per heavy atom. The second-order valence-corrected chi connectivity index (χ2v) is 4.28. The highest BCUT2D eigenvalue weighted by Gasteiger charge is 2.30. The van der Waals surface area contributed by atoms with Gasteiger partial charge in [-0.3, -0.25) is 0 Å². The molecule has 2 aromatic rings. The number of rotatable bonds is 4. The molecule has 0 amide bonds. The third-order valence-corrected chi connectivity index (χ3v) is 3.18. The zero-order valence-electron chi connectivity index (χ0n) is 9.81. The summed E-state index contributed by atoms with van der Waals surface area (Å²) in [7, 11) is 0. The first-order valence-electron chi connectivity index (χ1n) is 5.99. The largest absolute Gasteiger partial charge is 0.338 e. The molecular weight excluding hydrogens is 214 g/mol.